The fraction of sp³-hybridized carbons (Fsp3) is 0.286. The molecule has 0 radical (unpaired) electrons. The predicted molar refractivity (Wildman–Crippen MR) is 112 cm³/mol. The molecule has 0 aliphatic carbocycles. The van der Waals surface area contributed by atoms with Gasteiger partial charge in [-0.25, -0.2) is 9.37 Å². The Morgan fingerprint density at radius 3 is 2.58 bits per heavy atom. The van der Waals surface area contributed by atoms with Crippen LogP contribution in [0, 0.1) is 12.7 Å². The fourth-order valence-electron chi connectivity index (χ4n) is 3.94. The van der Waals surface area contributed by atoms with Crippen LogP contribution in [0.15, 0.2) is 47.1 Å². The summed E-state index contributed by atoms with van der Waals surface area (Å²) in [6.45, 7) is 3.96. The van der Waals surface area contributed by atoms with Gasteiger partial charge in [0.15, 0.2) is 5.76 Å². The van der Waals surface area contributed by atoms with E-state index in [9.17, 15) is 14.3 Å². The Morgan fingerprint density at radius 1 is 1.19 bits per heavy atom. The Balaban J connectivity index is 1.45. The summed E-state index contributed by atoms with van der Waals surface area (Å²) in [5.74, 6) is 0.474. The van der Waals surface area contributed by atoms with Crippen LogP contribution in [0.1, 0.15) is 32.9 Å². The monoisotopic (exact) mass is 441 g/mol. The number of amides is 1. The van der Waals surface area contributed by atoms with E-state index in [-0.39, 0.29) is 23.6 Å². The molecule has 10 heteroatoms. The van der Waals surface area contributed by atoms with Crippen molar-refractivity contribution in [1.29, 1.82) is 0 Å². The number of fused-ring (bicyclic) bond motifs is 1. The van der Waals surface area contributed by atoms with Crippen LogP contribution in [-0.4, -0.2) is 61.6 Å². The van der Waals surface area contributed by atoms with Crippen molar-refractivity contribution in [1.82, 2.24) is 24.4 Å². The van der Waals surface area contributed by atoms with E-state index in [2.05, 4.69) is 15.0 Å². The van der Waals surface area contributed by atoms with E-state index < -0.39 is 0 Å². The van der Waals surface area contributed by atoms with Crippen molar-refractivity contribution >= 4 is 22.2 Å². The SMILES string of the molecule is Cc1nc2sc([C@H](c3ccc(F)cc3)N3CCN(C(=O)c4ccco4)CC3)c(O)n2n1. The number of thiazole rings is 1. The molecule has 0 unspecified atom stereocenters. The minimum Gasteiger partial charge on any atom is -0.492 e. The van der Waals surface area contributed by atoms with Crippen LogP contribution in [0.3, 0.4) is 0 Å². The zero-order chi connectivity index (χ0) is 21.5. The van der Waals surface area contributed by atoms with Crippen molar-refractivity contribution in [3.05, 3.63) is 70.5 Å². The molecule has 0 bridgehead atoms. The summed E-state index contributed by atoms with van der Waals surface area (Å²) in [5.41, 5.74) is 0.851. The first kappa shape index (κ1) is 19.7. The van der Waals surface area contributed by atoms with Crippen molar-refractivity contribution in [3.8, 4) is 5.88 Å². The van der Waals surface area contributed by atoms with Gasteiger partial charge >= 0.3 is 0 Å². The Kier molecular flexibility index (Phi) is 4.95. The first-order valence-corrected chi connectivity index (χ1v) is 10.7. The molecule has 3 aromatic heterocycles. The molecule has 1 aromatic carbocycles. The largest absolute Gasteiger partial charge is 0.492 e. The summed E-state index contributed by atoms with van der Waals surface area (Å²) in [7, 11) is 0. The van der Waals surface area contributed by atoms with Crippen LogP contribution in [0.5, 0.6) is 5.88 Å². The van der Waals surface area contributed by atoms with E-state index in [4.69, 9.17) is 4.42 Å². The summed E-state index contributed by atoms with van der Waals surface area (Å²) in [5, 5.41) is 15.1. The summed E-state index contributed by atoms with van der Waals surface area (Å²) < 4.78 is 20.2. The number of aromatic hydroxyl groups is 1. The minimum absolute atomic E-state index is 0.0315. The maximum absolute atomic E-state index is 13.6. The second-order valence-corrected chi connectivity index (χ2v) is 8.41. The van der Waals surface area contributed by atoms with Crippen LogP contribution < -0.4 is 0 Å². The van der Waals surface area contributed by atoms with Gasteiger partial charge in [0, 0.05) is 26.2 Å². The number of hydrogen-bond acceptors (Lipinski definition) is 7. The summed E-state index contributed by atoms with van der Waals surface area (Å²) in [4.78, 5) is 22.2. The average Bonchev–Trinajstić information content (AvgIpc) is 3.49. The number of aryl methyl sites for hydroxylation is 1. The Labute approximate surface area is 181 Å². The Morgan fingerprint density at radius 2 is 1.94 bits per heavy atom. The molecule has 1 saturated heterocycles. The van der Waals surface area contributed by atoms with E-state index in [1.54, 1.807) is 36.1 Å². The average molecular weight is 441 g/mol. The fourth-order valence-corrected chi connectivity index (χ4v) is 5.10. The van der Waals surface area contributed by atoms with Gasteiger partial charge in [-0.05, 0) is 36.8 Å². The van der Waals surface area contributed by atoms with E-state index in [1.165, 1.54) is 34.2 Å². The maximum Gasteiger partial charge on any atom is 0.289 e. The number of furan rings is 1. The Hall–Kier alpha value is -3.24. The molecular formula is C21H20FN5O3S. The molecule has 1 aliphatic heterocycles. The normalized spacial score (nSPS) is 16.1. The van der Waals surface area contributed by atoms with E-state index >= 15 is 0 Å². The second-order valence-electron chi connectivity index (χ2n) is 7.40. The molecule has 31 heavy (non-hydrogen) atoms. The van der Waals surface area contributed by atoms with Gasteiger partial charge in [0.1, 0.15) is 11.6 Å². The van der Waals surface area contributed by atoms with E-state index in [0.29, 0.717) is 47.6 Å². The lowest BCUT2D eigenvalue weighted by Gasteiger charge is -2.38. The van der Waals surface area contributed by atoms with Gasteiger partial charge in [-0.1, -0.05) is 23.5 Å². The van der Waals surface area contributed by atoms with Gasteiger partial charge in [-0.2, -0.15) is 4.52 Å². The molecule has 0 saturated carbocycles. The highest BCUT2D eigenvalue weighted by Crippen LogP contribution is 2.40. The third-order valence-corrected chi connectivity index (χ3v) is 6.51. The van der Waals surface area contributed by atoms with Crippen molar-refractivity contribution in [2.75, 3.05) is 26.2 Å². The smallest absolute Gasteiger partial charge is 0.289 e. The molecule has 1 N–H and O–H groups in total. The molecule has 4 heterocycles. The highest BCUT2D eigenvalue weighted by molar-refractivity contribution is 7.17. The topological polar surface area (TPSA) is 87.1 Å². The van der Waals surface area contributed by atoms with Gasteiger partial charge in [0.25, 0.3) is 5.91 Å². The number of carbonyl (C=O) groups excluding carboxylic acids is 1. The number of aromatic nitrogens is 3. The molecule has 160 valence electrons. The number of piperazine rings is 1. The quantitative estimate of drug-likeness (QED) is 0.524. The summed E-state index contributed by atoms with van der Waals surface area (Å²) >= 11 is 1.36. The Bertz CT molecular complexity index is 1210. The zero-order valence-electron chi connectivity index (χ0n) is 16.7. The van der Waals surface area contributed by atoms with Crippen molar-refractivity contribution in [2.24, 2.45) is 0 Å². The first-order chi connectivity index (χ1) is 15.0. The van der Waals surface area contributed by atoms with Crippen LogP contribution in [-0.2, 0) is 0 Å². The lowest BCUT2D eigenvalue weighted by Crippen LogP contribution is -2.49. The molecule has 8 nitrogen and oxygen atoms in total. The lowest BCUT2D eigenvalue weighted by atomic mass is 10.0. The summed E-state index contributed by atoms with van der Waals surface area (Å²) in [6, 6.07) is 9.32. The van der Waals surface area contributed by atoms with Gasteiger partial charge in [-0.3, -0.25) is 9.69 Å². The molecule has 4 aromatic rings. The molecule has 1 amide bonds. The number of halogens is 1. The van der Waals surface area contributed by atoms with Crippen molar-refractivity contribution < 1.29 is 18.7 Å². The standard InChI is InChI=1S/C21H20FN5O3S/c1-13-23-21-27(24-13)20(29)18(31-21)17(14-4-6-15(22)7-5-14)25-8-10-26(11-9-25)19(28)16-3-2-12-30-16/h2-7,12,17,29H,8-11H2,1H3/t17-/m0/s1. The molecular weight excluding hydrogens is 421 g/mol. The first-order valence-electron chi connectivity index (χ1n) is 9.88. The predicted octanol–water partition coefficient (Wildman–Crippen LogP) is 3.08. The summed E-state index contributed by atoms with van der Waals surface area (Å²) in [6.07, 6.45) is 1.49. The van der Waals surface area contributed by atoms with Gasteiger partial charge in [0.2, 0.25) is 10.8 Å². The lowest BCUT2D eigenvalue weighted by molar-refractivity contribution is 0.0568. The van der Waals surface area contributed by atoms with Gasteiger partial charge in [-0.15, -0.1) is 5.10 Å². The van der Waals surface area contributed by atoms with Crippen LogP contribution in [0.2, 0.25) is 0 Å². The van der Waals surface area contributed by atoms with Crippen LogP contribution in [0.25, 0.3) is 4.96 Å². The van der Waals surface area contributed by atoms with E-state index in [0.717, 1.165) is 5.56 Å². The second kappa shape index (κ2) is 7.78. The van der Waals surface area contributed by atoms with E-state index in [1.807, 2.05) is 0 Å². The minimum atomic E-state index is -0.321. The molecule has 1 aliphatic rings. The highest BCUT2D eigenvalue weighted by Gasteiger charge is 2.33. The molecule has 0 spiro atoms. The zero-order valence-corrected chi connectivity index (χ0v) is 17.5. The number of nitrogens with zero attached hydrogens (tertiary/aromatic N) is 5. The van der Waals surface area contributed by atoms with Crippen LogP contribution >= 0.6 is 11.3 Å². The third kappa shape index (κ3) is 3.57. The van der Waals surface area contributed by atoms with Crippen molar-refractivity contribution in [3.63, 3.8) is 0 Å². The molecule has 1 fully saturated rings. The maximum atomic E-state index is 13.6. The number of hydrogen-bond donors (Lipinski definition) is 1. The van der Waals surface area contributed by atoms with Crippen LogP contribution in [0.4, 0.5) is 4.39 Å². The number of rotatable bonds is 4. The third-order valence-electron chi connectivity index (χ3n) is 5.44. The number of carbonyl (C=O) groups is 1. The highest BCUT2D eigenvalue weighted by atomic mass is 32.1. The van der Waals surface area contributed by atoms with Crippen molar-refractivity contribution in [2.45, 2.75) is 13.0 Å². The molecule has 1 atom stereocenters. The van der Waals surface area contributed by atoms with Gasteiger partial charge < -0.3 is 14.4 Å². The molecule has 5 rings (SSSR count). The van der Waals surface area contributed by atoms with Gasteiger partial charge in [0.05, 0.1) is 17.2 Å². The number of benzene rings is 1.